The standard InChI is InChI=1S/C27H25N3O5/c1-4-24(31)28-18-8-6-16(3)23(15-18)29-25(32)17-7-13-21-22(14-17)27(34)30(26(21)33)19-9-11-20(12-10-19)35-5-2/h6-15H,4-5H2,1-3H3,(H,28,31)(H,29,32). The van der Waals surface area contributed by atoms with Gasteiger partial charge in [-0.15, -0.1) is 0 Å². The average molecular weight is 472 g/mol. The summed E-state index contributed by atoms with van der Waals surface area (Å²) in [6.07, 6.45) is 0.338. The van der Waals surface area contributed by atoms with Crippen molar-refractivity contribution in [3.63, 3.8) is 0 Å². The number of fused-ring (bicyclic) bond motifs is 1. The number of hydrogen-bond donors (Lipinski definition) is 2. The summed E-state index contributed by atoms with van der Waals surface area (Å²) in [7, 11) is 0. The molecule has 0 radical (unpaired) electrons. The largest absolute Gasteiger partial charge is 0.494 e. The predicted molar refractivity (Wildman–Crippen MR) is 133 cm³/mol. The highest BCUT2D eigenvalue weighted by Crippen LogP contribution is 2.30. The van der Waals surface area contributed by atoms with Crippen LogP contribution in [0.5, 0.6) is 5.75 Å². The molecule has 0 spiro atoms. The Kier molecular flexibility index (Phi) is 6.64. The SMILES string of the molecule is CCOc1ccc(N2C(=O)c3ccc(C(=O)Nc4cc(NC(=O)CC)ccc4C)cc3C2=O)cc1. The predicted octanol–water partition coefficient (Wildman–Crippen LogP) is 4.80. The number of aryl methyl sites for hydroxylation is 1. The van der Waals surface area contributed by atoms with Crippen LogP contribution >= 0.6 is 0 Å². The molecule has 178 valence electrons. The molecule has 0 atom stereocenters. The van der Waals surface area contributed by atoms with E-state index in [9.17, 15) is 19.2 Å². The molecule has 3 aromatic rings. The highest BCUT2D eigenvalue weighted by Gasteiger charge is 2.37. The van der Waals surface area contributed by atoms with Gasteiger partial charge in [0.2, 0.25) is 5.91 Å². The lowest BCUT2D eigenvalue weighted by atomic mass is 10.0. The van der Waals surface area contributed by atoms with Crippen LogP contribution < -0.4 is 20.3 Å². The van der Waals surface area contributed by atoms with E-state index in [1.54, 1.807) is 49.4 Å². The second-order valence-corrected chi connectivity index (χ2v) is 8.02. The Morgan fingerprint density at radius 2 is 1.57 bits per heavy atom. The van der Waals surface area contributed by atoms with Crippen LogP contribution in [0.25, 0.3) is 0 Å². The van der Waals surface area contributed by atoms with E-state index in [4.69, 9.17) is 4.74 Å². The summed E-state index contributed by atoms with van der Waals surface area (Å²) in [4.78, 5) is 51.8. The summed E-state index contributed by atoms with van der Waals surface area (Å²) in [5.41, 5.74) is 2.97. The zero-order valence-electron chi connectivity index (χ0n) is 19.7. The maximum Gasteiger partial charge on any atom is 0.266 e. The van der Waals surface area contributed by atoms with Crippen molar-refractivity contribution in [2.24, 2.45) is 0 Å². The summed E-state index contributed by atoms with van der Waals surface area (Å²) in [5.74, 6) is -0.874. The fraction of sp³-hybridized carbons (Fsp3) is 0.185. The highest BCUT2D eigenvalue weighted by molar-refractivity contribution is 6.34. The van der Waals surface area contributed by atoms with Crippen LogP contribution in [0.3, 0.4) is 0 Å². The molecule has 0 saturated heterocycles. The van der Waals surface area contributed by atoms with E-state index in [2.05, 4.69) is 10.6 Å². The van der Waals surface area contributed by atoms with E-state index in [-0.39, 0.29) is 22.6 Å². The lowest BCUT2D eigenvalue weighted by molar-refractivity contribution is -0.115. The van der Waals surface area contributed by atoms with E-state index in [0.29, 0.717) is 35.8 Å². The van der Waals surface area contributed by atoms with Gasteiger partial charge in [-0.1, -0.05) is 13.0 Å². The number of benzene rings is 3. The third-order valence-electron chi connectivity index (χ3n) is 5.65. The van der Waals surface area contributed by atoms with Gasteiger partial charge in [0.1, 0.15) is 5.75 Å². The van der Waals surface area contributed by atoms with Crippen molar-refractivity contribution in [3.05, 3.63) is 82.9 Å². The first-order valence-corrected chi connectivity index (χ1v) is 11.3. The quantitative estimate of drug-likeness (QED) is 0.482. The van der Waals surface area contributed by atoms with Crippen LogP contribution in [0.15, 0.2) is 60.7 Å². The summed E-state index contributed by atoms with van der Waals surface area (Å²) in [6.45, 7) is 5.96. The Morgan fingerprint density at radius 3 is 2.26 bits per heavy atom. The van der Waals surface area contributed by atoms with Crippen LogP contribution in [0.2, 0.25) is 0 Å². The molecule has 0 aliphatic carbocycles. The van der Waals surface area contributed by atoms with Gasteiger partial charge in [0.25, 0.3) is 17.7 Å². The zero-order chi connectivity index (χ0) is 25.1. The summed E-state index contributed by atoms with van der Waals surface area (Å²) in [6, 6.07) is 16.3. The molecule has 35 heavy (non-hydrogen) atoms. The van der Waals surface area contributed by atoms with E-state index in [1.165, 1.54) is 18.2 Å². The van der Waals surface area contributed by atoms with Crippen molar-refractivity contribution < 1.29 is 23.9 Å². The lowest BCUT2D eigenvalue weighted by Gasteiger charge is -2.14. The van der Waals surface area contributed by atoms with Crippen molar-refractivity contribution in [2.45, 2.75) is 27.2 Å². The molecule has 1 aliphatic rings. The number of nitrogens with zero attached hydrogens (tertiary/aromatic N) is 1. The number of ether oxygens (including phenoxy) is 1. The molecule has 0 saturated carbocycles. The number of anilines is 3. The Hall–Kier alpha value is -4.46. The topological polar surface area (TPSA) is 105 Å². The normalized spacial score (nSPS) is 12.4. The maximum absolute atomic E-state index is 13.1. The molecule has 1 aliphatic heterocycles. The third-order valence-corrected chi connectivity index (χ3v) is 5.65. The molecule has 0 aromatic heterocycles. The Morgan fingerprint density at radius 1 is 0.857 bits per heavy atom. The number of rotatable bonds is 7. The van der Waals surface area contributed by atoms with Crippen molar-refractivity contribution >= 4 is 40.7 Å². The van der Waals surface area contributed by atoms with Crippen molar-refractivity contribution in [1.29, 1.82) is 0 Å². The van der Waals surface area contributed by atoms with Crippen LogP contribution in [-0.4, -0.2) is 30.2 Å². The van der Waals surface area contributed by atoms with Gasteiger partial charge >= 0.3 is 0 Å². The number of nitrogens with one attached hydrogen (secondary N) is 2. The minimum Gasteiger partial charge on any atom is -0.494 e. The van der Waals surface area contributed by atoms with Gasteiger partial charge in [0.15, 0.2) is 0 Å². The minimum atomic E-state index is -0.496. The summed E-state index contributed by atoms with van der Waals surface area (Å²) < 4.78 is 5.42. The summed E-state index contributed by atoms with van der Waals surface area (Å²) >= 11 is 0. The molecule has 4 amide bonds. The van der Waals surface area contributed by atoms with Gasteiger partial charge < -0.3 is 15.4 Å². The Balaban J connectivity index is 1.56. The van der Waals surface area contributed by atoms with E-state index in [0.717, 1.165) is 10.5 Å². The zero-order valence-corrected chi connectivity index (χ0v) is 19.7. The molecular formula is C27H25N3O5. The second kappa shape index (κ2) is 9.80. The maximum atomic E-state index is 13.1. The molecule has 1 heterocycles. The average Bonchev–Trinajstić information content (AvgIpc) is 3.11. The summed E-state index contributed by atoms with van der Waals surface area (Å²) in [5, 5.41) is 5.58. The molecule has 0 unspecified atom stereocenters. The van der Waals surface area contributed by atoms with Gasteiger partial charge in [0, 0.05) is 23.4 Å². The molecular weight excluding hydrogens is 446 g/mol. The first kappa shape index (κ1) is 23.7. The first-order chi connectivity index (χ1) is 16.8. The molecule has 2 N–H and O–H groups in total. The number of carbonyl (C=O) groups excluding carboxylic acids is 4. The molecule has 8 heteroatoms. The molecule has 0 fully saturated rings. The molecule has 0 bridgehead atoms. The molecule has 8 nitrogen and oxygen atoms in total. The highest BCUT2D eigenvalue weighted by atomic mass is 16.5. The van der Waals surface area contributed by atoms with Crippen LogP contribution in [0, 0.1) is 6.92 Å². The molecule has 3 aromatic carbocycles. The second-order valence-electron chi connectivity index (χ2n) is 8.02. The first-order valence-electron chi connectivity index (χ1n) is 11.3. The third kappa shape index (κ3) is 4.77. The van der Waals surface area contributed by atoms with Gasteiger partial charge in [-0.3, -0.25) is 19.2 Å². The van der Waals surface area contributed by atoms with Crippen LogP contribution in [0.4, 0.5) is 17.1 Å². The monoisotopic (exact) mass is 471 g/mol. The van der Waals surface area contributed by atoms with Gasteiger partial charge in [-0.25, -0.2) is 4.90 Å². The van der Waals surface area contributed by atoms with Gasteiger partial charge in [-0.2, -0.15) is 0 Å². The van der Waals surface area contributed by atoms with E-state index >= 15 is 0 Å². The minimum absolute atomic E-state index is 0.134. The lowest BCUT2D eigenvalue weighted by Crippen LogP contribution is -2.29. The van der Waals surface area contributed by atoms with Crippen LogP contribution in [0.1, 0.15) is 56.9 Å². The number of carbonyl (C=O) groups is 4. The number of amides is 4. The van der Waals surface area contributed by atoms with Crippen molar-refractivity contribution in [1.82, 2.24) is 0 Å². The van der Waals surface area contributed by atoms with Crippen molar-refractivity contribution in [3.8, 4) is 5.75 Å². The fourth-order valence-corrected chi connectivity index (χ4v) is 3.75. The number of imide groups is 1. The van der Waals surface area contributed by atoms with Crippen molar-refractivity contribution in [2.75, 3.05) is 22.1 Å². The van der Waals surface area contributed by atoms with E-state index in [1.807, 2.05) is 13.8 Å². The number of hydrogen-bond acceptors (Lipinski definition) is 5. The Labute approximate surface area is 202 Å². The van der Waals surface area contributed by atoms with Gasteiger partial charge in [0.05, 0.1) is 23.4 Å². The van der Waals surface area contributed by atoms with Crippen LogP contribution in [-0.2, 0) is 4.79 Å². The Bertz CT molecular complexity index is 1330. The van der Waals surface area contributed by atoms with E-state index < -0.39 is 17.7 Å². The van der Waals surface area contributed by atoms with Gasteiger partial charge in [-0.05, 0) is 74.0 Å². The fourth-order valence-electron chi connectivity index (χ4n) is 3.75. The molecule has 4 rings (SSSR count). The smallest absolute Gasteiger partial charge is 0.266 e.